The summed E-state index contributed by atoms with van der Waals surface area (Å²) in [5.41, 5.74) is 1.74. The van der Waals surface area contributed by atoms with Crippen molar-refractivity contribution < 1.29 is 19.0 Å². The van der Waals surface area contributed by atoms with Gasteiger partial charge in [-0.2, -0.15) is 0 Å². The summed E-state index contributed by atoms with van der Waals surface area (Å²) in [6, 6.07) is 25.1. The van der Waals surface area contributed by atoms with Crippen LogP contribution in [0.15, 0.2) is 78.9 Å². The molecule has 0 bridgehead atoms. The lowest BCUT2D eigenvalue weighted by Gasteiger charge is -2.32. The molecule has 1 saturated heterocycles. The number of carbonyl (C=O) groups excluding carboxylic acids is 1. The quantitative estimate of drug-likeness (QED) is 0.483. The summed E-state index contributed by atoms with van der Waals surface area (Å²) in [7, 11) is 0. The second-order valence-electron chi connectivity index (χ2n) is 7.79. The number of likely N-dealkylation sites (tertiary alicyclic amines) is 1. The van der Waals surface area contributed by atoms with Gasteiger partial charge in [0.1, 0.15) is 18.5 Å². The van der Waals surface area contributed by atoms with Gasteiger partial charge in [-0.1, -0.05) is 42.5 Å². The molecule has 166 valence electrons. The molecule has 3 aromatic carbocycles. The van der Waals surface area contributed by atoms with Crippen molar-refractivity contribution in [2.24, 2.45) is 0 Å². The number of rotatable bonds is 8. The normalized spacial score (nSPS) is 14.1. The van der Waals surface area contributed by atoms with E-state index in [1.165, 1.54) is 0 Å². The van der Waals surface area contributed by atoms with Crippen LogP contribution in [-0.2, 0) is 6.61 Å². The van der Waals surface area contributed by atoms with Crippen LogP contribution in [0.3, 0.4) is 0 Å². The molecule has 0 unspecified atom stereocenters. The highest BCUT2D eigenvalue weighted by Gasteiger charge is 2.25. The van der Waals surface area contributed by atoms with Gasteiger partial charge in [0, 0.05) is 31.5 Å². The van der Waals surface area contributed by atoms with Crippen molar-refractivity contribution in [2.45, 2.75) is 32.5 Å². The predicted octanol–water partition coefficient (Wildman–Crippen LogP) is 5.35. The van der Waals surface area contributed by atoms with E-state index in [0.29, 0.717) is 31.9 Å². The number of nitrogens with zero attached hydrogens (tertiary/aromatic N) is 1. The summed E-state index contributed by atoms with van der Waals surface area (Å²) in [6.45, 7) is 4.40. The molecule has 1 fully saturated rings. The van der Waals surface area contributed by atoms with Crippen molar-refractivity contribution in [1.82, 2.24) is 4.90 Å². The van der Waals surface area contributed by atoms with Crippen LogP contribution in [0.1, 0.15) is 35.7 Å². The van der Waals surface area contributed by atoms with Gasteiger partial charge in [-0.05, 0) is 48.9 Å². The highest BCUT2D eigenvalue weighted by molar-refractivity contribution is 5.94. The second-order valence-corrected chi connectivity index (χ2v) is 7.79. The number of piperidine rings is 1. The van der Waals surface area contributed by atoms with Crippen LogP contribution in [0, 0.1) is 0 Å². The Morgan fingerprint density at radius 2 is 1.50 bits per heavy atom. The Kier molecular flexibility index (Phi) is 7.28. The smallest absolute Gasteiger partial charge is 0.253 e. The minimum atomic E-state index is 0.0636. The zero-order valence-electron chi connectivity index (χ0n) is 18.4. The fourth-order valence-corrected chi connectivity index (χ4v) is 3.79. The van der Waals surface area contributed by atoms with Crippen molar-refractivity contribution in [3.63, 3.8) is 0 Å². The van der Waals surface area contributed by atoms with Crippen molar-refractivity contribution >= 4 is 5.91 Å². The van der Waals surface area contributed by atoms with Crippen molar-refractivity contribution in [1.29, 1.82) is 0 Å². The molecule has 0 aromatic heterocycles. The maximum Gasteiger partial charge on any atom is 0.253 e. The fourth-order valence-electron chi connectivity index (χ4n) is 3.79. The standard InChI is InChI=1S/C27H29NO4/c1-2-30-25-10-6-7-11-26(25)32-24-16-18-28(19-17-24)27(29)22-14-12-21(13-15-22)20-31-23-8-4-3-5-9-23/h3-15,24H,2,16-20H2,1H3. The minimum Gasteiger partial charge on any atom is -0.490 e. The zero-order chi connectivity index (χ0) is 22.2. The summed E-state index contributed by atoms with van der Waals surface area (Å²) in [6.07, 6.45) is 1.68. The van der Waals surface area contributed by atoms with Crippen LogP contribution in [0.4, 0.5) is 0 Å². The van der Waals surface area contributed by atoms with Gasteiger partial charge in [-0.3, -0.25) is 4.79 Å². The summed E-state index contributed by atoms with van der Waals surface area (Å²) in [4.78, 5) is 14.8. The average molecular weight is 432 g/mol. The lowest BCUT2D eigenvalue weighted by atomic mass is 10.1. The van der Waals surface area contributed by atoms with Gasteiger partial charge >= 0.3 is 0 Å². The Labute approximate surface area is 189 Å². The van der Waals surface area contributed by atoms with E-state index < -0.39 is 0 Å². The van der Waals surface area contributed by atoms with Crippen LogP contribution in [0.5, 0.6) is 17.2 Å². The van der Waals surface area contributed by atoms with E-state index in [1.807, 2.05) is 90.7 Å². The SMILES string of the molecule is CCOc1ccccc1OC1CCN(C(=O)c2ccc(COc3ccccc3)cc2)CC1. The molecule has 0 N–H and O–H groups in total. The lowest BCUT2D eigenvalue weighted by molar-refractivity contribution is 0.0589. The summed E-state index contributed by atoms with van der Waals surface area (Å²) in [5, 5.41) is 0. The minimum absolute atomic E-state index is 0.0636. The van der Waals surface area contributed by atoms with Crippen LogP contribution in [-0.4, -0.2) is 36.6 Å². The first-order valence-corrected chi connectivity index (χ1v) is 11.2. The molecule has 5 heteroatoms. The number of benzene rings is 3. The Bertz CT molecular complexity index is 996. The maximum absolute atomic E-state index is 12.9. The van der Waals surface area contributed by atoms with E-state index in [1.54, 1.807) is 0 Å². The molecule has 0 atom stereocenters. The molecule has 1 heterocycles. The average Bonchev–Trinajstić information content (AvgIpc) is 2.85. The molecule has 1 aliphatic heterocycles. The number of hydrogen-bond acceptors (Lipinski definition) is 4. The summed E-state index contributed by atoms with van der Waals surface area (Å²) in [5.74, 6) is 2.44. The van der Waals surface area contributed by atoms with Crippen LogP contribution in [0.25, 0.3) is 0 Å². The van der Waals surface area contributed by atoms with Gasteiger partial charge in [-0.15, -0.1) is 0 Å². The van der Waals surface area contributed by atoms with Crippen molar-refractivity contribution in [3.05, 3.63) is 90.0 Å². The first-order chi connectivity index (χ1) is 15.7. The van der Waals surface area contributed by atoms with Crippen LogP contribution in [0.2, 0.25) is 0 Å². The van der Waals surface area contributed by atoms with Gasteiger partial charge < -0.3 is 19.1 Å². The van der Waals surface area contributed by atoms with E-state index >= 15 is 0 Å². The molecule has 1 amide bonds. The molecule has 4 rings (SSSR count). The van der Waals surface area contributed by atoms with Gasteiger partial charge in [-0.25, -0.2) is 0 Å². The number of para-hydroxylation sites is 3. The van der Waals surface area contributed by atoms with Crippen molar-refractivity contribution in [2.75, 3.05) is 19.7 Å². The van der Waals surface area contributed by atoms with Gasteiger partial charge in [0.05, 0.1) is 6.61 Å². The number of ether oxygens (including phenoxy) is 3. The largest absolute Gasteiger partial charge is 0.490 e. The molecule has 0 aliphatic carbocycles. The molecule has 5 nitrogen and oxygen atoms in total. The number of hydrogen-bond donors (Lipinski definition) is 0. The molecular weight excluding hydrogens is 402 g/mol. The van der Waals surface area contributed by atoms with Gasteiger partial charge in [0.15, 0.2) is 11.5 Å². The monoisotopic (exact) mass is 431 g/mol. The maximum atomic E-state index is 12.9. The van der Waals surface area contributed by atoms with Crippen LogP contribution >= 0.6 is 0 Å². The van der Waals surface area contributed by atoms with E-state index in [9.17, 15) is 4.79 Å². The number of carbonyl (C=O) groups is 1. The Hall–Kier alpha value is -3.47. The molecule has 1 aliphatic rings. The first-order valence-electron chi connectivity index (χ1n) is 11.2. The highest BCUT2D eigenvalue weighted by atomic mass is 16.5. The number of amides is 1. The Balaban J connectivity index is 1.28. The summed E-state index contributed by atoms with van der Waals surface area (Å²) >= 11 is 0. The highest BCUT2D eigenvalue weighted by Crippen LogP contribution is 2.29. The molecule has 0 saturated carbocycles. The third kappa shape index (κ3) is 5.61. The second kappa shape index (κ2) is 10.7. The zero-order valence-corrected chi connectivity index (χ0v) is 18.4. The van der Waals surface area contributed by atoms with E-state index in [-0.39, 0.29) is 12.0 Å². The van der Waals surface area contributed by atoms with E-state index in [2.05, 4.69) is 0 Å². The van der Waals surface area contributed by atoms with E-state index in [4.69, 9.17) is 14.2 Å². The Morgan fingerprint density at radius 1 is 0.844 bits per heavy atom. The molecular formula is C27H29NO4. The fraction of sp³-hybridized carbons (Fsp3) is 0.296. The topological polar surface area (TPSA) is 48.0 Å². The molecule has 0 radical (unpaired) electrons. The molecule has 32 heavy (non-hydrogen) atoms. The lowest BCUT2D eigenvalue weighted by Crippen LogP contribution is -2.41. The van der Waals surface area contributed by atoms with E-state index in [0.717, 1.165) is 35.7 Å². The van der Waals surface area contributed by atoms with Gasteiger partial charge in [0.25, 0.3) is 5.91 Å². The molecule has 3 aromatic rings. The molecule has 0 spiro atoms. The summed E-state index contributed by atoms with van der Waals surface area (Å²) < 4.78 is 17.6. The third-order valence-electron chi connectivity index (χ3n) is 5.52. The first kappa shape index (κ1) is 21.8. The van der Waals surface area contributed by atoms with Crippen molar-refractivity contribution in [3.8, 4) is 17.2 Å². The van der Waals surface area contributed by atoms with Crippen LogP contribution < -0.4 is 14.2 Å². The third-order valence-corrected chi connectivity index (χ3v) is 5.52. The van der Waals surface area contributed by atoms with Gasteiger partial charge in [0.2, 0.25) is 0 Å². The predicted molar refractivity (Wildman–Crippen MR) is 124 cm³/mol. The Morgan fingerprint density at radius 3 is 2.19 bits per heavy atom.